The second-order valence-corrected chi connectivity index (χ2v) is 14.2. The molecule has 0 saturated heterocycles. The molecule has 0 fully saturated rings. The summed E-state index contributed by atoms with van der Waals surface area (Å²) < 4.78 is 2.60. The van der Waals surface area contributed by atoms with E-state index >= 15 is 0 Å². The molecule has 1 aliphatic rings. The van der Waals surface area contributed by atoms with E-state index in [4.69, 9.17) is 0 Å². The van der Waals surface area contributed by atoms with Crippen molar-refractivity contribution in [2.75, 3.05) is 4.90 Å². The lowest BCUT2D eigenvalue weighted by atomic mass is 9.67. The Kier molecular flexibility index (Phi) is 6.97. The van der Waals surface area contributed by atoms with Gasteiger partial charge in [-0.25, -0.2) is 0 Å². The fourth-order valence-electron chi connectivity index (χ4n) is 8.39. The molecule has 0 bridgehead atoms. The van der Waals surface area contributed by atoms with Crippen molar-refractivity contribution in [3.8, 4) is 22.3 Å². The third-order valence-electron chi connectivity index (χ3n) is 10.6. The first-order valence-corrected chi connectivity index (χ1v) is 18.3. The van der Waals surface area contributed by atoms with Crippen LogP contribution < -0.4 is 4.90 Å². The van der Waals surface area contributed by atoms with Crippen LogP contribution in [0.5, 0.6) is 0 Å². The normalized spacial score (nSPS) is 12.9. The quantitative estimate of drug-likeness (QED) is 0.171. The van der Waals surface area contributed by atoms with E-state index in [1.807, 2.05) is 11.3 Å². The Balaban J connectivity index is 1.24. The van der Waals surface area contributed by atoms with E-state index in [9.17, 15) is 0 Å². The zero-order chi connectivity index (χ0) is 33.8. The zero-order valence-corrected chi connectivity index (χ0v) is 28.7. The summed E-state index contributed by atoms with van der Waals surface area (Å²) in [6.07, 6.45) is 0. The molecular weight excluding hydrogens is 635 g/mol. The molecule has 0 radical (unpaired) electrons. The molecule has 0 saturated carbocycles. The number of para-hydroxylation sites is 1. The minimum Gasteiger partial charge on any atom is -0.309 e. The van der Waals surface area contributed by atoms with Gasteiger partial charge in [-0.1, -0.05) is 170 Å². The highest BCUT2D eigenvalue weighted by molar-refractivity contribution is 7.26. The number of hydrogen-bond donors (Lipinski definition) is 0. The van der Waals surface area contributed by atoms with E-state index in [1.165, 1.54) is 70.4 Å². The molecule has 1 heterocycles. The van der Waals surface area contributed by atoms with Crippen LogP contribution in [0.4, 0.5) is 17.1 Å². The van der Waals surface area contributed by atoms with E-state index in [2.05, 4.69) is 205 Å². The van der Waals surface area contributed by atoms with Crippen molar-refractivity contribution >= 4 is 48.6 Å². The number of hydrogen-bond acceptors (Lipinski definition) is 2. The Labute approximate surface area is 302 Å². The van der Waals surface area contributed by atoms with Crippen molar-refractivity contribution in [2.45, 2.75) is 5.41 Å². The molecule has 240 valence electrons. The van der Waals surface area contributed by atoms with Crippen molar-refractivity contribution < 1.29 is 0 Å². The van der Waals surface area contributed by atoms with Gasteiger partial charge in [-0.05, 0) is 74.8 Å². The molecule has 10 rings (SSSR count). The van der Waals surface area contributed by atoms with E-state index in [1.54, 1.807) is 0 Å². The molecule has 2 heteroatoms. The molecule has 0 N–H and O–H groups in total. The Morgan fingerprint density at radius 3 is 1.51 bits per heavy atom. The highest BCUT2D eigenvalue weighted by atomic mass is 32.1. The minimum absolute atomic E-state index is 0.457. The van der Waals surface area contributed by atoms with Crippen LogP contribution in [0.3, 0.4) is 0 Å². The van der Waals surface area contributed by atoms with E-state index in [0.29, 0.717) is 0 Å². The summed E-state index contributed by atoms with van der Waals surface area (Å²) in [5.41, 5.74) is 13.3. The largest absolute Gasteiger partial charge is 0.309 e. The topological polar surface area (TPSA) is 3.24 Å². The number of nitrogens with zero attached hydrogens (tertiary/aromatic N) is 1. The van der Waals surface area contributed by atoms with Crippen LogP contribution >= 0.6 is 11.3 Å². The van der Waals surface area contributed by atoms with Gasteiger partial charge in [0, 0.05) is 26.8 Å². The molecule has 0 aliphatic heterocycles. The summed E-state index contributed by atoms with van der Waals surface area (Å²) in [5, 5.41) is 2.57. The Morgan fingerprint density at radius 1 is 0.353 bits per heavy atom. The molecule has 1 nitrogen and oxygen atoms in total. The lowest BCUT2D eigenvalue weighted by Crippen LogP contribution is -2.28. The summed E-state index contributed by atoms with van der Waals surface area (Å²) in [7, 11) is 0. The van der Waals surface area contributed by atoms with Crippen LogP contribution in [0.25, 0.3) is 42.4 Å². The fraction of sp³-hybridized carbons (Fsp3) is 0.0204. The number of fused-ring (bicyclic) bond motifs is 6. The molecule has 1 aromatic heterocycles. The van der Waals surface area contributed by atoms with Gasteiger partial charge in [0.1, 0.15) is 0 Å². The maximum Gasteiger partial charge on any atom is 0.0727 e. The lowest BCUT2D eigenvalue weighted by Gasteiger charge is -2.34. The first-order chi connectivity index (χ1) is 25.3. The second kappa shape index (κ2) is 12.0. The first-order valence-electron chi connectivity index (χ1n) is 17.5. The monoisotopic (exact) mass is 667 g/mol. The van der Waals surface area contributed by atoms with Crippen LogP contribution in [-0.2, 0) is 5.41 Å². The molecular formula is C49H33NS. The third-order valence-corrected chi connectivity index (χ3v) is 11.8. The lowest BCUT2D eigenvalue weighted by molar-refractivity contribution is 0.778. The first kappa shape index (κ1) is 29.7. The Morgan fingerprint density at radius 2 is 0.843 bits per heavy atom. The Bertz CT molecular complexity index is 2630. The standard InChI is InChI=1S/C49H33NS/c1-4-16-34(17-5-1)35-30-32-38(33-31-35)50(37-20-8-3-9-21-37)46-29-15-25-42-41-24-14-28-45(47(41)51-48(42)46)49(36-18-6-2-7-19-36)43-26-12-10-22-39(43)40-23-11-13-27-44(40)49/h1-33H. The maximum absolute atomic E-state index is 2.42. The third kappa shape index (κ3) is 4.54. The molecule has 0 amide bonds. The van der Waals surface area contributed by atoms with E-state index in [-0.39, 0.29) is 0 Å². The van der Waals surface area contributed by atoms with Gasteiger partial charge in [0.25, 0.3) is 0 Å². The average Bonchev–Trinajstić information content (AvgIpc) is 3.74. The molecule has 51 heavy (non-hydrogen) atoms. The van der Waals surface area contributed by atoms with Crippen molar-refractivity contribution in [3.63, 3.8) is 0 Å². The highest BCUT2D eigenvalue weighted by Gasteiger charge is 2.47. The number of anilines is 3. The molecule has 0 spiro atoms. The number of benzene rings is 8. The van der Waals surface area contributed by atoms with Crippen LogP contribution in [0.15, 0.2) is 200 Å². The SMILES string of the molecule is c1ccc(-c2ccc(N(c3ccccc3)c3cccc4c3sc3c(C5(c6ccccc6)c6ccccc6-c6ccccc65)cccc34)cc2)cc1. The van der Waals surface area contributed by atoms with Crippen molar-refractivity contribution in [3.05, 3.63) is 222 Å². The van der Waals surface area contributed by atoms with Gasteiger partial charge in [0.2, 0.25) is 0 Å². The van der Waals surface area contributed by atoms with E-state index < -0.39 is 5.41 Å². The highest BCUT2D eigenvalue weighted by Crippen LogP contribution is 2.58. The summed E-state index contributed by atoms with van der Waals surface area (Å²) in [4.78, 5) is 2.42. The average molecular weight is 668 g/mol. The molecule has 0 unspecified atom stereocenters. The molecule has 0 atom stereocenters. The summed E-state index contributed by atoms with van der Waals surface area (Å²) in [6.45, 7) is 0. The smallest absolute Gasteiger partial charge is 0.0727 e. The van der Waals surface area contributed by atoms with Crippen molar-refractivity contribution in [1.82, 2.24) is 0 Å². The molecule has 9 aromatic rings. The predicted octanol–water partition coefficient (Wildman–Crippen LogP) is 13.6. The van der Waals surface area contributed by atoms with Crippen LogP contribution in [0, 0.1) is 0 Å². The summed E-state index contributed by atoms with van der Waals surface area (Å²) in [6, 6.07) is 73.2. The van der Waals surface area contributed by atoms with E-state index in [0.717, 1.165) is 11.4 Å². The van der Waals surface area contributed by atoms with Crippen LogP contribution in [-0.4, -0.2) is 0 Å². The zero-order valence-electron chi connectivity index (χ0n) is 27.9. The molecule has 1 aliphatic carbocycles. The summed E-state index contributed by atoms with van der Waals surface area (Å²) in [5.74, 6) is 0. The minimum atomic E-state index is -0.457. The van der Waals surface area contributed by atoms with Gasteiger partial charge in [-0.15, -0.1) is 11.3 Å². The van der Waals surface area contributed by atoms with Gasteiger partial charge in [-0.2, -0.15) is 0 Å². The second-order valence-electron chi connectivity index (χ2n) is 13.2. The van der Waals surface area contributed by atoms with Crippen LogP contribution in [0.2, 0.25) is 0 Å². The number of rotatable bonds is 6. The Hall–Kier alpha value is -6.22. The summed E-state index contributed by atoms with van der Waals surface area (Å²) >= 11 is 1.92. The van der Waals surface area contributed by atoms with Gasteiger partial charge >= 0.3 is 0 Å². The van der Waals surface area contributed by atoms with Crippen molar-refractivity contribution in [1.29, 1.82) is 0 Å². The van der Waals surface area contributed by atoms with Gasteiger partial charge in [0.05, 0.1) is 15.8 Å². The predicted molar refractivity (Wildman–Crippen MR) is 217 cm³/mol. The molecule has 8 aromatic carbocycles. The fourth-order valence-corrected chi connectivity index (χ4v) is 9.77. The van der Waals surface area contributed by atoms with Gasteiger partial charge in [0.15, 0.2) is 0 Å². The number of thiophene rings is 1. The van der Waals surface area contributed by atoms with Gasteiger partial charge < -0.3 is 4.90 Å². The maximum atomic E-state index is 2.42. The van der Waals surface area contributed by atoms with Crippen molar-refractivity contribution in [2.24, 2.45) is 0 Å². The van der Waals surface area contributed by atoms with Gasteiger partial charge in [-0.3, -0.25) is 0 Å². The van der Waals surface area contributed by atoms with Crippen LogP contribution in [0.1, 0.15) is 22.3 Å².